The second-order valence-corrected chi connectivity index (χ2v) is 4.35. The van der Waals surface area contributed by atoms with Crippen LogP contribution < -0.4 is 4.74 Å². The molecule has 0 amide bonds. The molecule has 0 atom stereocenters. The number of hydrogen-bond donors (Lipinski definition) is 0. The Labute approximate surface area is 127 Å². The molecule has 1 aromatic rings. The van der Waals surface area contributed by atoms with Crippen LogP contribution in [0.2, 0.25) is 0 Å². The molecule has 1 rings (SSSR count). The summed E-state index contributed by atoms with van der Waals surface area (Å²) in [6, 6.07) is 2.93. The van der Waals surface area contributed by atoms with E-state index in [4.69, 9.17) is 9.47 Å². The second-order valence-electron chi connectivity index (χ2n) is 4.35. The predicted molar refractivity (Wildman–Crippen MR) is 76.8 cm³/mol. The van der Waals surface area contributed by atoms with E-state index in [2.05, 4.69) is 13.2 Å². The first-order valence-electron chi connectivity index (χ1n) is 6.63. The number of carbonyl (C=O) groups is 1. The lowest BCUT2D eigenvalue weighted by Crippen LogP contribution is -2.12. The van der Waals surface area contributed by atoms with Gasteiger partial charge in [0.15, 0.2) is 0 Å². The average Bonchev–Trinajstić information content (AvgIpc) is 2.46. The van der Waals surface area contributed by atoms with E-state index in [1.54, 1.807) is 6.08 Å². The summed E-state index contributed by atoms with van der Waals surface area (Å²) in [6.45, 7) is 7.11. The zero-order chi connectivity index (χ0) is 16.6. The molecule has 0 saturated heterocycles. The van der Waals surface area contributed by atoms with Gasteiger partial charge >= 0.3 is 12.1 Å². The Hall–Kier alpha value is -2.24. The first-order valence-corrected chi connectivity index (χ1v) is 6.63. The van der Waals surface area contributed by atoms with Gasteiger partial charge in [-0.25, -0.2) is 4.79 Å². The lowest BCUT2D eigenvalue weighted by Gasteiger charge is -2.14. The highest BCUT2D eigenvalue weighted by Gasteiger charge is 2.34. The van der Waals surface area contributed by atoms with Gasteiger partial charge in [-0.15, -0.1) is 13.2 Å². The summed E-state index contributed by atoms with van der Waals surface area (Å²) in [5.74, 6) is -1.10. The Morgan fingerprint density at radius 1 is 1.14 bits per heavy atom. The van der Waals surface area contributed by atoms with Crippen molar-refractivity contribution in [3.63, 3.8) is 0 Å². The summed E-state index contributed by atoms with van der Waals surface area (Å²) in [5.41, 5.74) is -0.926. The van der Waals surface area contributed by atoms with Crippen molar-refractivity contribution < 1.29 is 27.4 Å². The Kier molecular flexibility index (Phi) is 6.69. The topological polar surface area (TPSA) is 35.5 Å². The maximum absolute atomic E-state index is 12.9. The van der Waals surface area contributed by atoms with Crippen LogP contribution in [0.1, 0.15) is 28.8 Å². The second kappa shape index (κ2) is 8.26. The van der Waals surface area contributed by atoms with Crippen LogP contribution in [0.4, 0.5) is 13.2 Å². The van der Waals surface area contributed by atoms with Crippen LogP contribution in [0, 0.1) is 0 Å². The lowest BCUT2D eigenvalue weighted by atomic mass is 10.1. The molecule has 0 heterocycles. The highest BCUT2D eigenvalue weighted by molar-refractivity contribution is 5.90. The number of hydrogen-bond acceptors (Lipinski definition) is 3. The van der Waals surface area contributed by atoms with Gasteiger partial charge in [0.05, 0.1) is 24.3 Å². The Bertz CT molecular complexity index is 536. The summed E-state index contributed by atoms with van der Waals surface area (Å²) < 4.78 is 48.8. The molecule has 0 aliphatic heterocycles. The molecular formula is C16H17F3O3. The third-order valence-corrected chi connectivity index (χ3v) is 2.66. The molecule has 0 radical (unpaired) electrons. The van der Waals surface area contributed by atoms with Gasteiger partial charge in [-0.05, 0) is 31.0 Å². The molecule has 0 bridgehead atoms. The van der Waals surface area contributed by atoms with Crippen molar-refractivity contribution >= 4 is 5.97 Å². The number of rotatable bonds is 8. The maximum Gasteiger partial charge on any atom is 0.419 e. The van der Waals surface area contributed by atoms with Gasteiger partial charge in [0.25, 0.3) is 0 Å². The average molecular weight is 314 g/mol. The van der Waals surface area contributed by atoms with Crippen LogP contribution in [-0.4, -0.2) is 19.2 Å². The summed E-state index contributed by atoms with van der Waals surface area (Å²) >= 11 is 0. The fourth-order valence-electron chi connectivity index (χ4n) is 1.57. The molecule has 1 aromatic carbocycles. The molecule has 22 heavy (non-hydrogen) atoms. The standard InChI is InChI=1S/C16H17F3O3/c1-3-5-9-21-14-11-12(15(20)22-10-6-4-2)7-8-13(14)16(17,18)19/h3-4,7-8,11H,1-2,5-6,9-10H2. The molecule has 0 fully saturated rings. The fourth-order valence-corrected chi connectivity index (χ4v) is 1.57. The van der Waals surface area contributed by atoms with E-state index >= 15 is 0 Å². The van der Waals surface area contributed by atoms with Crippen LogP contribution in [0.3, 0.4) is 0 Å². The summed E-state index contributed by atoms with van der Waals surface area (Å²) in [7, 11) is 0. The Morgan fingerprint density at radius 2 is 1.77 bits per heavy atom. The molecule has 0 saturated carbocycles. The zero-order valence-electron chi connectivity index (χ0n) is 12.0. The van der Waals surface area contributed by atoms with Crippen molar-refractivity contribution in [3.8, 4) is 5.75 Å². The molecule has 0 aliphatic carbocycles. The van der Waals surface area contributed by atoms with Gasteiger partial charge in [-0.3, -0.25) is 0 Å². The number of ether oxygens (including phenoxy) is 2. The van der Waals surface area contributed by atoms with Crippen LogP contribution >= 0.6 is 0 Å². The third kappa shape index (κ3) is 5.27. The number of carbonyl (C=O) groups excluding carboxylic acids is 1. The van der Waals surface area contributed by atoms with Crippen LogP contribution in [0.5, 0.6) is 5.75 Å². The monoisotopic (exact) mass is 314 g/mol. The van der Waals surface area contributed by atoms with E-state index in [0.717, 1.165) is 18.2 Å². The highest BCUT2D eigenvalue weighted by Crippen LogP contribution is 2.36. The third-order valence-electron chi connectivity index (χ3n) is 2.66. The van der Waals surface area contributed by atoms with E-state index in [0.29, 0.717) is 12.8 Å². The molecule has 6 heteroatoms. The van der Waals surface area contributed by atoms with Crippen LogP contribution in [0.25, 0.3) is 0 Å². The van der Waals surface area contributed by atoms with E-state index < -0.39 is 23.5 Å². The SMILES string of the molecule is C=CCCOC(=O)c1ccc(C(F)(F)F)c(OCCC=C)c1. The minimum absolute atomic E-state index is 0.00525. The van der Waals surface area contributed by atoms with Crippen molar-refractivity contribution in [1.29, 1.82) is 0 Å². The molecule has 0 aliphatic rings. The van der Waals surface area contributed by atoms with Gasteiger partial charge in [0.2, 0.25) is 0 Å². The minimum Gasteiger partial charge on any atom is -0.493 e. The smallest absolute Gasteiger partial charge is 0.419 e. The van der Waals surface area contributed by atoms with Crippen molar-refractivity contribution in [3.05, 3.63) is 54.6 Å². The van der Waals surface area contributed by atoms with Crippen LogP contribution in [0.15, 0.2) is 43.5 Å². The van der Waals surface area contributed by atoms with Crippen molar-refractivity contribution in [2.75, 3.05) is 13.2 Å². The number of esters is 1. The van der Waals surface area contributed by atoms with Gasteiger partial charge in [-0.2, -0.15) is 13.2 Å². The molecular weight excluding hydrogens is 297 g/mol. The number of alkyl halides is 3. The summed E-state index contributed by atoms with van der Waals surface area (Å²) in [4.78, 5) is 11.8. The normalized spacial score (nSPS) is 10.9. The summed E-state index contributed by atoms with van der Waals surface area (Å²) in [6.07, 6.45) is -0.598. The Balaban J connectivity index is 2.97. The molecule has 0 unspecified atom stereocenters. The lowest BCUT2D eigenvalue weighted by molar-refractivity contribution is -0.138. The number of benzene rings is 1. The van der Waals surface area contributed by atoms with Crippen LogP contribution in [-0.2, 0) is 10.9 Å². The number of halogens is 3. The van der Waals surface area contributed by atoms with Gasteiger partial charge in [-0.1, -0.05) is 12.2 Å². The Morgan fingerprint density at radius 3 is 2.36 bits per heavy atom. The molecule has 0 N–H and O–H groups in total. The first-order chi connectivity index (χ1) is 10.4. The van der Waals surface area contributed by atoms with E-state index in [1.807, 2.05) is 0 Å². The maximum atomic E-state index is 12.9. The van der Waals surface area contributed by atoms with E-state index in [9.17, 15) is 18.0 Å². The van der Waals surface area contributed by atoms with Gasteiger partial charge < -0.3 is 9.47 Å². The molecule has 0 aromatic heterocycles. The van der Waals surface area contributed by atoms with E-state index in [1.165, 1.54) is 6.08 Å². The van der Waals surface area contributed by atoms with Crippen molar-refractivity contribution in [2.45, 2.75) is 19.0 Å². The van der Waals surface area contributed by atoms with Crippen molar-refractivity contribution in [2.24, 2.45) is 0 Å². The highest BCUT2D eigenvalue weighted by atomic mass is 19.4. The van der Waals surface area contributed by atoms with Crippen molar-refractivity contribution in [1.82, 2.24) is 0 Å². The van der Waals surface area contributed by atoms with E-state index in [-0.39, 0.29) is 18.8 Å². The predicted octanol–water partition coefficient (Wildman–Crippen LogP) is 4.39. The molecule has 0 spiro atoms. The molecule has 120 valence electrons. The first kappa shape index (κ1) is 17.8. The van der Waals surface area contributed by atoms with Gasteiger partial charge in [0.1, 0.15) is 5.75 Å². The summed E-state index contributed by atoms with van der Waals surface area (Å²) in [5, 5.41) is 0. The zero-order valence-corrected chi connectivity index (χ0v) is 12.0. The largest absolute Gasteiger partial charge is 0.493 e. The minimum atomic E-state index is -4.56. The van der Waals surface area contributed by atoms with Gasteiger partial charge in [0, 0.05) is 0 Å². The fraction of sp³-hybridized carbons (Fsp3) is 0.312. The quantitative estimate of drug-likeness (QED) is 0.405. The molecule has 3 nitrogen and oxygen atoms in total.